The van der Waals surface area contributed by atoms with Crippen LogP contribution < -0.4 is 11.1 Å². The smallest absolute Gasteiger partial charge is 0.244 e. The molecule has 1 aliphatic rings. The van der Waals surface area contributed by atoms with E-state index < -0.39 is 6.04 Å². The number of likely N-dealkylation sites (N-methyl/N-ethyl adjacent to an activating group) is 1. The van der Waals surface area contributed by atoms with Crippen LogP contribution in [0.4, 0.5) is 0 Å². The lowest BCUT2D eigenvalue weighted by Crippen LogP contribution is -2.49. The molecule has 19 heavy (non-hydrogen) atoms. The number of nitrogens with zero attached hydrogens (tertiary/aromatic N) is 1. The van der Waals surface area contributed by atoms with Crippen LogP contribution in [0, 0.1) is 6.92 Å². The lowest BCUT2D eigenvalue weighted by atomic mass is 10.0. The first-order chi connectivity index (χ1) is 9.11. The van der Waals surface area contributed by atoms with Gasteiger partial charge in [0.2, 0.25) is 5.91 Å². The SMILES string of the molecule is CNC1CCCN(C(=O)C(N)c2ccc(C)cc2)C1. The van der Waals surface area contributed by atoms with Crippen LogP contribution in [0.2, 0.25) is 0 Å². The van der Waals surface area contributed by atoms with E-state index in [2.05, 4.69) is 5.32 Å². The standard InChI is InChI=1S/C15H23N3O/c1-11-5-7-12(8-6-11)14(16)15(19)18-9-3-4-13(10-18)17-2/h5-8,13-14,17H,3-4,9-10,16H2,1-2H3. The van der Waals surface area contributed by atoms with Gasteiger partial charge in [0.25, 0.3) is 0 Å². The molecule has 1 aliphatic heterocycles. The number of hydrogen-bond acceptors (Lipinski definition) is 3. The molecule has 1 aromatic carbocycles. The highest BCUT2D eigenvalue weighted by Gasteiger charge is 2.27. The number of amides is 1. The van der Waals surface area contributed by atoms with E-state index in [9.17, 15) is 4.79 Å². The summed E-state index contributed by atoms with van der Waals surface area (Å²) in [5.41, 5.74) is 8.16. The molecule has 3 N–H and O–H groups in total. The van der Waals surface area contributed by atoms with Gasteiger partial charge in [0.1, 0.15) is 6.04 Å². The first-order valence-corrected chi connectivity index (χ1v) is 6.90. The van der Waals surface area contributed by atoms with Crippen molar-refractivity contribution in [3.8, 4) is 0 Å². The van der Waals surface area contributed by atoms with Crippen molar-refractivity contribution in [1.82, 2.24) is 10.2 Å². The molecular weight excluding hydrogens is 238 g/mol. The van der Waals surface area contributed by atoms with Gasteiger partial charge < -0.3 is 16.0 Å². The maximum atomic E-state index is 12.4. The average Bonchev–Trinajstić information content (AvgIpc) is 2.46. The molecule has 0 saturated carbocycles. The molecule has 0 radical (unpaired) electrons. The first-order valence-electron chi connectivity index (χ1n) is 6.90. The number of rotatable bonds is 3. The first kappa shape index (κ1) is 14.0. The number of aryl methyl sites for hydroxylation is 1. The third-order valence-electron chi connectivity index (χ3n) is 3.84. The maximum absolute atomic E-state index is 12.4. The van der Waals surface area contributed by atoms with Crippen LogP contribution in [-0.4, -0.2) is 37.0 Å². The predicted molar refractivity (Wildman–Crippen MR) is 76.8 cm³/mol. The van der Waals surface area contributed by atoms with Gasteiger partial charge in [-0.1, -0.05) is 29.8 Å². The summed E-state index contributed by atoms with van der Waals surface area (Å²) in [6.45, 7) is 3.60. The zero-order valence-corrected chi connectivity index (χ0v) is 11.7. The van der Waals surface area contributed by atoms with Crippen LogP contribution >= 0.6 is 0 Å². The van der Waals surface area contributed by atoms with Crippen LogP contribution in [0.3, 0.4) is 0 Å². The molecule has 2 unspecified atom stereocenters. The van der Waals surface area contributed by atoms with E-state index in [1.165, 1.54) is 5.56 Å². The zero-order valence-electron chi connectivity index (χ0n) is 11.7. The summed E-state index contributed by atoms with van der Waals surface area (Å²) in [7, 11) is 1.94. The highest BCUT2D eigenvalue weighted by molar-refractivity contribution is 5.83. The summed E-state index contributed by atoms with van der Waals surface area (Å²) < 4.78 is 0. The fraction of sp³-hybridized carbons (Fsp3) is 0.533. The van der Waals surface area contributed by atoms with Crippen molar-refractivity contribution < 1.29 is 4.79 Å². The molecule has 1 fully saturated rings. The predicted octanol–water partition coefficient (Wildman–Crippen LogP) is 1.21. The van der Waals surface area contributed by atoms with Crippen molar-refractivity contribution in [2.75, 3.05) is 20.1 Å². The van der Waals surface area contributed by atoms with Crippen molar-refractivity contribution in [1.29, 1.82) is 0 Å². The zero-order chi connectivity index (χ0) is 13.8. The Labute approximate surface area is 115 Å². The number of piperidine rings is 1. The molecule has 1 aromatic rings. The van der Waals surface area contributed by atoms with Gasteiger partial charge in [-0.2, -0.15) is 0 Å². The summed E-state index contributed by atoms with van der Waals surface area (Å²) in [5.74, 6) is 0.0313. The fourth-order valence-corrected chi connectivity index (χ4v) is 2.53. The molecule has 2 atom stereocenters. The van der Waals surface area contributed by atoms with Gasteiger partial charge in [0, 0.05) is 19.1 Å². The molecule has 0 bridgehead atoms. The highest BCUT2D eigenvalue weighted by Crippen LogP contribution is 2.17. The van der Waals surface area contributed by atoms with E-state index in [0.717, 1.165) is 31.5 Å². The van der Waals surface area contributed by atoms with E-state index in [1.54, 1.807) is 0 Å². The third-order valence-corrected chi connectivity index (χ3v) is 3.84. The molecule has 104 valence electrons. The second-order valence-corrected chi connectivity index (χ2v) is 5.30. The molecular formula is C15H23N3O. The lowest BCUT2D eigenvalue weighted by molar-refractivity contribution is -0.134. The van der Waals surface area contributed by atoms with Gasteiger partial charge in [0.15, 0.2) is 0 Å². The number of likely N-dealkylation sites (tertiary alicyclic amines) is 1. The quantitative estimate of drug-likeness (QED) is 0.859. The normalized spacial score (nSPS) is 21.2. The van der Waals surface area contributed by atoms with Crippen LogP contribution in [-0.2, 0) is 4.79 Å². The molecule has 0 spiro atoms. The summed E-state index contributed by atoms with van der Waals surface area (Å²) in [5, 5.41) is 3.24. The van der Waals surface area contributed by atoms with Crippen molar-refractivity contribution in [3.05, 3.63) is 35.4 Å². The number of benzene rings is 1. The highest BCUT2D eigenvalue weighted by atomic mass is 16.2. The Morgan fingerprint density at radius 1 is 1.42 bits per heavy atom. The third kappa shape index (κ3) is 3.33. The topological polar surface area (TPSA) is 58.4 Å². The van der Waals surface area contributed by atoms with Crippen LogP contribution in [0.25, 0.3) is 0 Å². The van der Waals surface area contributed by atoms with E-state index >= 15 is 0 Å². The minimum atomic E-state index is -0.545. The van der Waals surface area contributed by atoms with Crippen molar-refractivity contribution in [3.63, 3.8) is 0 Å². The van der Waals surface area contributed by atoms with Crippen molar-refractivity contribution >= 4 is 5.91 Å². The second-order valence-electron chi connectivity index (χ2n) is 5.30. The number of hydrogen-bond donors (Lipinski definition) is 2. The Hall–Kier alpha value is -1.39. The van der Waals surface area contributed by atoms with Gasteiger partial charge in [0.05, 0.1) is 0 Å². The number of nitrogens with one attached hydrogen (secondary N) is 1. The number of carbonyl (C=O) groups is 1. The molecule has 4 heteroatoms. The Morgan fingerprint density at radius 2 is 2.11 bits per heavy atom. The number of carbonyl (C=O) groups excluding carboxylic acids is 1. The lowest BCUT2D eigenvalue weighted by Gasteiger charge is -2.34. The minimum absolute atomic E-state index is 0.0313. The number of nitrogens with two attached hydrogens (primary N) is 1. The molecule has 0 aromatic heterocycles. The summed E-state index contributed by atoms with van der Waals surface area (Å²) in [4.78, 5) is 14.3. The summed E-state index contributed by atoms with van der Waals surface area (Å²) in [6.07, 6.45) is 2.16. The van der Waals surface area contributed by atoms with Crippen molar-refractivity contribution in [2.24, 2.45) is 5.73 Å². The second kappa shape index (κ2) is 6.17. The summed E-state index contributed by atoms with van der Waals surface area (Å²) >= 11 is 0. The Balaban J connectivity index is 2.04. The fourth-order valence-electron chi connectivity index (χ4n) is 2.53. The van der Waals surface area contributed by atoms with Crippen LogP contribution in [0.15, 0.2) is 24.3 Å². The average molecular weight is 261 g/mol. The molecule has 1 amide bonds. The largest absolute Gasteiger partial charge is 0.339 e. The Kier molecular flexibility index (Phi) is 4.56. The Morgan fingerprint density at radius 3 is 2.74 bits per heavy atom. The monoisotopic (exact) mass is 261 g/mol. The van der Waals surface area contributed by atoms with Crippen LogP contribution in [0.5, 0.6) is 0 Å². The van der Waals surface area contributed by atoms with Gasteiger partial charge in [-0.3, -0.25) is 4.79 Å². The van der Waals surface area contributed by atoms with E-state index in [1.807, 2.05) is 43.1 Å². The molecule has 4 nitrogen and oxygen atoms in total. The van der Waals surface area contributed by atoms with E-state index in [0.29, 0.717) is 6.04 Å². The van der Waals surface area contributed by atoms with E-state index in [4.69, 9.17) is 5.73 Å². The van der Waals surface area contributed by atoms with Crippen LogP contribution in [0.1, 0.15) is 30.0 Å². The van der Waals surface area contributed by atoms with Gasteiger partial charge in [-0.25, -0.2) is 0 Å². The van der Waals surface area contributed by atoms with Gasteiger partial charge in [-0.05, 0) is 32.4 Å². The van der Waals surface area contributed by atoms with Crippen molar-refractivity contribution in [2.45, 2.75) is 31.8 Å². The van der Waals surface area contributed by atoms with E-state index in [-0.39, 0.29) is 5.91 Å². The molecule has 1 saturated heterocycles. The Bertz CT molecular complexity index is 430. The maximum Gasteiger partial charge on any atom is 0.244 e. The molecule has 2 rings (SSSR count). The summed E-state index contributed by atoms with van der Waals surface area (Å²) in [6, 6.07) is 7.72. The minimum Gasteiger partial charge on any atom is -0.339 e. The molecule has 1 heterocycles. The van der Waals surface area contributed by atoms with Gasteiger partial charge in [-0.15, -0.1) is 0 Å². The van der Waals surface area contributed by atoms with Gasteiger partial charge >= 0.3 is 0 Å². The molecule has 0 aliphatic carbocycles.